The van der Waals surface area contributed by atoms with Crippen LogP contribution in [0.1, 0.15) is 62.3 Å². The molecule has 48 heavy (non-hydrogen) atoms. The molecule has 10 heteroatoms. The quantitative estimate of drug-likeness (QED) is 0.117. The number of ether oxygens (including phenoxy) is 1. The zero-order chi connectivity index (χ0) is 34.1. The van der Waals surface area contributed by atoms with Crippen LogP contribution in [-0.4, -0.2) is 89.4 Å². The smallest absolute Gasteiger partial charge is 0.305 e. The van der Waals surface area contributed by atoms with Gasteiger partial charge in [-0.3, -0.25) is 9.59 Å². The molecule has 9 nitrogen and oxygen atoms in total. The normalized spacial score (nSPS) is 14.9. The molecule has 0 bridgehead atoms. The Bertz CT molecular complexity index is 1690. The molecule has 3 aromatic carbocycles. The van der Waals surface area contributed by atoms with E-state index < -0.39 is 0 Å². The Morgan fingerprint density at radius 1 is 1.02 bits per heavy atom. The lowest BCUT2D eigenvalue weighted by atomic mass is 9.67. The van der Waals surface area contributed by atoms with Gasteiger partial charge in [-0.05, 0) is 94.9 Å². The number of benzene rings is 3. The maximum atomic E-state index is 12.9. The third kappa shape index (κ3) is 8.47. The van der Waals surface area contributed by atoms with Gasteiger partial charge in [0.25, 0.3) is 0 Å². The van der Waals surface area contributed by atoms with Crippen molar-refractivity contribution < 1.29 is 19.7 Å². The van der Waals surface area contributed by atoms with E-state index in [2.05, 4.69) is 59.4 Å². The molecule has 1 aromatic heterocycles. The summed E-state index contributed by atoms with van der Waals surface area (Å²) >= 11 is 1.11. The standard InChI is InChI=1S/C38H50N4O5S/c1-4-41(23-20-39-19-14-29-11-13-33(44)35-36(29)48-37(46)40-35)34(45)16-25-47-24-15-28-10-12-32(43)31(26-28)38(30-8-6-5-7-9-30)17-21-42(22-18-38)27(2)3/h5-13,26-27,39,43-44H,4,14-25H2,1-3H3,(H,40,46). The summed E-state index contributed by atoms with van der Waals surface area (Å²) in [7, 11) is 0. The van der Waals surface area contributed by atoms with Crippen LogP contribution in [0.5, 0.6) is 11.5 Å². The minimum absolute atomic E-state index is 0.0705. The molecular formula is C38H50N4O5S. The van der Waals surface area contributed by atoms with Gasteiger partial charge < -0.3 is 35.1 Å². The van der Waals surface area contributed by atoms with Gasteiger partial charge in [0.1, 0.15) is 17.0 Å². The number of piperidine rings is 1. The predicted molar refractivity (Wildman–Crippen MR) is 193 cm³/mol. The molecule has 1 amide bonds. The second-order valence-corrected chi connectivity index (χ2v) is 14.0. The van der Waals surface area contributed by atoms with Gasteiger partial charge in [-0.15, -0.1) is 0 Å². The molecule has 1 aliphatic rings. The number of amides is 1. The van der Waals surface area contributed by atoms with Crippen molar-refractivity contribution in [1.29, 1.82) is 0 Å². The molecule has 4 aromatic rings. The van der Waals surface area contributed by atoms with Crippen LogP contribution in [0.15, 0.2) is 65.5 Å². The SMILES string of the molecule is CCN(CCNCCc1ccc(O)c2[nH]c(=O)sc12)C(=O)CCOCCc1ccc(O)c(C2(c3ccccc3)CCN(C(C)C)CC2)c1. The molecule has 0 aliphatic carbocycles. The highest BCUT2D eigenvalue weighted by molar-refractivity contribution is 7.16. The molecule has 1 saturated heterocycles. The summed E-state index contributed by atoms with van der Waals surface area (Å²) < 4.78 is 6.72. The van der Waals surface area contributed by atoms with Crippen LogP contribution in [0.25, 0.3) is 10.2 Å². The van der Waals surface area contributed by atoms with Gasteiger partial charge in [0, 0.05) is 36.7 Å². The molecule has 258 valence electrons. The van der Waals surface area contributed by atoms with E-state index in [4.69, 9.17) is 4.74 Å². The summed E-state index contributed by atoms with van der Waals surface area (Å²) in [4.78, 5) is 31.5. The number of aromatic nitrogens is 1. The van der Waals surface area contributed by atoms with Gasteiger partial charge in [-0.1, -0.05) is 59.9 Å². The van der Waals surface area contributed by atoms with Crippen LogP contribution in [0.2, 0.25) is 0 Å². The van der Waals surface area contributed by atoms with Crippen LogP contribution in [0.3, 0.4) is 0 Å². The highest BCUT2D eigenvalue weighted by Gasteiger charge is 2.40. The lowest BCUT2D eigenvalue weighted by Gasteiger charge is -2.44. The Kier molecular flexibility index (Phi) is 12.3. The number of carbonyl (C=O) groups excluding carboxylic acids is 1. The van der Waals surface area contributed by atoms with Crippen molar-refractivity contribution >= 4 is 27.5 Å². The highest BCUT2D eigenvalue weighted by Crippen LogP contribution is 2.45. The number of H-pyrrole nitrogens is 1. The number of nitrogens with zero attached hydrogens (tertiary/aromatic N) is 2. The maximum Gasteiger partial charge on any atom is 0.305 e. The number of phenolic OH excluding ortho intramolecular Hbond substituents is 2. The van der Waals surface area contributed by atoms with E-state index in [0.29, 0.717) is 76.0 Å². The Labute approximate surface area is 287 Å². The molecule has 1 aliphatic heterocycles. The van der Waals surface area contributed by atoms with Gasteiger partial charge in [0.05, 0.1) is 24.3 Å². The molecule has 5 rings (SSSR count). The van der Waals surface area contributed by atoms with Gasteiger partial charge in [-0.25, -0.2) is 0 Å². The Balaban J connectivity index is 1.07. The van der Waals surface area contributed by atoms with Crippen molar-refractivity contribution in [1.82, 2.24) is 20.1 Å². The van der Waals surface area contributed by atoms with Crippen molar-refractivity contribution in [3.8, 4) is 11.5 Å². The average molecular weight is 675 g/mol. The number of nitrogens with one attached hydrogen (secondary N) is 2. The van der Waals surface area contributed by atoms with Gasteiger partial charge in [-0.2, -0.15) is 0 Å². The summed E-state index contributed by atoms with van der Waals surface area (Å²) in [6, 6.07) is 20.5. The van der Waals surface area contributed by atoms with Crippen molar-refractivity contribution in [2.24, 2.45) is 0 Å². The number of phenols is 2. The number of likely N-dealkylation sites (tertiary alicyclic amines) is 1. The van der Waals surface area contributed by atoms with Crippen LogP contribution >= 0.6 is 11.3 Å². The molecule has 0 radical (unpaired) electrons. The van der Waals surface area contributed by atoms with E-state index in [9.17, 15) is 19.8 Å². The fraction of sp³-hybridized carbons (Fsp3) is 0.474. The van der Waals surface area contributed by atoms with Crippen molar-refractivity contribution in [2.75, 3.05) is 52.5 Å². The number of hydrogen-bond acceptors (Lipinski definition) is 8. The Morgan fingerprint density at radius 3 is 2.50 bits per heavy atom. The number of thiazole rings is 1. The van der Waals surface area contributed by atoms with E-state index in [-0.39, 0.29) is 21.9 Å². The van der Waals surface area contributed by atoms with E-state index in [1.165, 1.54) is 5.56 Å². The Morgan fingerprint density at radius 2 is 1.77 bits per heavy atom. The van der Waals surface area contributed by atoms with E-state index in [1.807, 2.05) is 36.1 Å². The van der Waals surface area contributed by atoms with E-state index >= 15 is 0 Å². The number of rotatable bonds is 16. The molecule has 0 spiro atoms. The molecule has 0 atom stereocenters. The first-order valence-corrected chi connectivity index (χ1v) is 18.1. The van der Waals surface area contributed by atoms with Crippen LogP contribution < -0.4 is 10.2 Å². The second-order valence-electron chi connectivity index (χ2n) is 13.0. The third-order valence-corrected chi connectivity index (χ3v) is 10.7. The highest BCUT2D eigenvalue weighted by atomic mass is 32.1. The van der Waals surface area contributed by atoms with Crippen LogP contribution in [0, 0.1) is 0 Å². The number of aromatic hydroxyl groups is 2. The van der Waals surface area contributed by atoms with Gasteiger partial charge in [0.15, 0.2) is 0 Å². The first-order valence-electron chi connectivity index (χ1n) is 17.2. The van der Waals surface area contributed by atoms with Crippen LogP contribution in [-0.2, 0) is 27.8 Å². The maximum absolute atomic E-state index is 12.9. The summed E-state index contributed by atoms with van der Waals surface area (Å²) in [6.07, 6.45) is 3.65. The Hall–Kier alpha value is -3.70. The van der Waals surface area contributed by atoms with Gasteiger partial charge >= 0.3 is 4.87 Å². The van der Waals surface area contributed by atoms with Crippen molar-refractivity contribution in [3.63, 3.8) is 0 Å². The fourth-order valence-corrected chi connectivity index (χ4v) is 7.81. The number of likely N-dealkylation sites (N-methyl/N-ethyl adjacent to an activating group) is 1. The number of carbonyl (C=O) groups is 1. The topological polar surface area (TPSA) is 118 Å². The minimum atomic E-state index is -0.235. The summed E-state index contributed by atoms with van der Waals surface area (Å²) in [6.45, 7) is 11.9. The molecule has 4 N–H and O–H groups in total. The van der Waals surface area contributed by atoms with E-state index in [1.54, 1.807) is 6.07 Å². The second kappa shape index (κ2) is 16.6. The fourth-order valence-electron chi connectivity index (χ4n) is 6.92. The lowest BCUT2D eigenvalue weighted by Crippen LogP contribution is -2.45. The summed E-state index contributed by atoms with van der Waals surface area (Å²) in [5, 5.41) is 24.5. The van der Waals surface area contributed by atoms with Crippen molar-refractivity contribution in [2.45, 2.75) is 64.3 Å². The van der Waals surface area contributed by atoms with Crippen molar-refractivity contribution in [3.05, 3.63) is 92.6 Å². The first-order chi connectivity index (χ1) is 23.2. The number of hydrogen-bond donors (Lipinski definition) is 4. The first kappa shape index (κ1) is 35.6. The molecular weight excluding hydrogens is 625 g/mol. The average Bonchev–Trinajstić information content (AvgIpc) is 3.50. The van der Waals surface area contributed by atoms with Gasteiger partial charge in [0.2, 0.25) is 5.91 Å². The number of aromatic amines is 1. The summed E-state index contributed by atoms with van der Waals surface area (Å²) in [5.41, 5.74) is 4.63. The third-order valence-electron chi connectivity index (χ3n) is 9.78. The van der Waals surface area contributed by atoms with Crippen LogP contribution in [0.4, 0.5) is 0 Å². The summed E-state index contributed by atoms with van der Waals surface area (Å²) in [5.74, 6) is 0.500. The van der Waals surface area contributed by atoms with E-state index in [0.717, 1.165) is 58.7 Å². The monoisotopic (exact) mass is 674 g/mol. The molecule has 2 heterocycles. The number of fused-ring (bicyclic) bond motifs is 1. The largest absolute Gasteiger partial charge is 0.508 e. The zero-order valence-electron chi connectivity index (χ0n) is 28.5. The zero-order valence-corrected chi connectivity index (χ0v) is 29.3. The molecule has 0 saturated carbocycles. The molecule has 0 unspecified atom stereocenters. The lowest BCUT2D eigenvalue weighted by molar-refractivity contribution is -0.132. The molecule has 1 fully saturated rings. The predicted octanol–water partition coefficient (Wildman–Crippen LogP) is 5.42. The minimum Gasteiger partial charge on any atom is -0.508 e.